The summed E-state index contributed by atoms with van der Waals surface area (Å²) in [6, 6.07) is 0. The van der Waals surface area contributed by atoms with Gasteiger partial charge in [0.05, 0.1) is 17.2 Å². The molecule has 3 rings (SSSR count). The SMILES string of the molecule is CC[C@H](C)/C=C(C)/C=C/C1=CC2=C(Cl)[C@H](O)[C@]3(C)OC(=O)[C@H](C(C)=O)[C@H]3C2=CO1. The van der Waals surface area contributed by atoms with Crippen LogP contribution in [0.2, 0.25) is 0 Å². The lowest BCUT2D eigenvalue weighted by atomic mass is 9.67. The lowest BCUT2D eigenvalue weighted by molar-refractivity contribution is -0.157. The average molecular weight is 419 g/mol. The zero-order valence-electron chi connectivity index (χ0n) is 17.4. The van der Waals surface area contributed by atoms with Crippen molar-refractivity contribution in [2.75, 3.05) is 0 Å². The van der Waals surface area contributed by atoms with Crippen LogP contribution in [-0.4, -0.2) is 28.6 Å². The minimum Gasteiger partial charge on any atom is -0.465 e. The number of esters is 1. The highest BCUT2D eigenvalue weighted by Crippen LogP contribution is 2.53. The fourth-order valence-electron chi connectivity index (χ4n) is 4.15. The van der Waals surface area contributed by atoms with E-state index in [1.165, 1.54) is 13.2 Å². The van der Waals surface area contributed by atoms with Gasteiger partial charge in [-0.1, -0.05) is 49.6 Å². The van der Waals surface area contributed by atoms with Crippen LogP contribution in [0, 0.1) is 17.8 Å². The van der Waals surface area contributed by atoms with Crippen LogP contribution < -0.4 is 0 Å². The van der Waals surface area contributed by atoms with Crippen LogP contribution >= 0.6 is 11.6 Å². The Hall–Kier alpha value is -2.11. The maximum Gasteiger partial charge on any atom is 0.317 e. The van der Waals surface area contributed by atoms with Crippen molar-refractivity contribution in [1.82, 2.24) is 0 Å². The Kier molecular flexibility index (Phi) is 5.93. The molecule has 1 aliphatic carbocycles. The van der Waals surface area contributed by atoms with Crippen molar-refractivity contribution >= 4 is 23.4 Å². The van der Waals surface area contributed by atoms with Gasteiger partial charge in [-0.25, -0.2) is 0 Å². The quantitative estimate of drug-likeness (QED) is 0.408. The maximum atomic E-state index is 12.4. The third-order valence-electron chi connectivity index (χ3n) is 5.96. The molecule has 0 aromatic heterocycles. The first-order valence-corrected chi connectivity index (χ1v) is 10.2. The summed E-state index contributed by atoms with van der Waals surface area (Å²) in [6.07, 6.45) is 9.05. The number of carbonyl (C=O) groups excluding carboxylic acids is 2. The first-order chi connectivity index (χ1) is 13.6. The van der Waals surface area contributed by atoms with Gasteiger partial charge in [-0.3, -0.25) is 9.59 Å². The Morgan fingerprint density at radius 3 is 2.72 bits per heavy atom. The standard InChI is InChI=1S/C23H27ClO5/c1-6-12(2)9-13(3)7-8-15-10-16-17(11-28-15)19-18(14(4)25)22(27)29-23(19,5)21(26)20(16)24/h7-12,18-19,21,26H,6H2,1-5H3/b8-7+,13-9+/t12-,18+,19+,21-,23+/m0/s1. The van der Waals surface area contributed by atoms with Gasteiger partial charge in [0.1, 0.15) is 29.2 Å². The van der Waals surface area contributed by atoms with Crippen LogP contribution in [-0.2, 0) is 19.1 Å². The van der Waals surface area contributed by atoms with Crippen molar-refractivity contribution in [2.24, 2.45) is 17.8 Å². The van der Waals surface area contributed by atoms with E-state index < -0.39 is 29.5 Å². The molecule has 29 heavy (non-hydrogen) atoms. The number of ketones is 1. The number of carbonyl (C=O) groups is 2. The van der Waals surface area contributed by atoms with E-state index in [1.54, 1.807) is 13.0 Å². The first kappa shape index (κ1) is 21.6. The van der Waals surface area contributed by atoms with Crippen molar-refractivity contribution in [3.8, 4) is 0 Å². The van der Waals surface area contributed by atoms with Crippen molar-refractivity contribution < 1.29 is 24.2 Å². The predicted molar refractivity (Wildman–Crippen MR) is 111 cm³/mol. The fraction of sp³-hybridized carbons (Fsp3) is 0.478. The Bertz CT molecular complexity index is 891. The molecule has 1 fully saturated rings. The summed E-state index contributed by atoms with van der Waals surface area (Å²) < 4.78 is 11.2. The smallest absolute Gasteiger partial charge is 0.317 e. The number of aliphatic hydroxyl groups is 1. The first-order valence-electron chi connectivity index (χ1n) is 9.86. The number of ether oxygens (including phenoxy) is 2. The second-order valence-electron chi connectivity index (χ2n) is 8.20. The summed E-state index contributed by atoms with van der Waals surface area (Å²) in [4.78, 5) is 24.5. The van der Waals surface area contributed by atoms with Crippen molar-refractivity contribution in [3.05, 3.63) is 58.1 Å². The number of halogens is 1. The summed E-state index contributed by atoms with van der Waals surface area (Å²) in [5, 5.41) is 11.0. The number of hydrogen-bond donors (Lipinski definition) is 1. The van der Waals surface area contributed by atoms with Gasteiger partial charge >= 0.3 is 5.97 Å². The minimum atomic E-state index is -1.31. The van der Waals surface area contributed by atoms with Crippen LogP contribution in [0.4, 0.5) is 0 Å². The number of Topliss-reactive ketones (excluding diaryl/α,β-unsaturated/α-hetero) is 1. The fourth-order valence-corrected chi connectivity index (χ4v) is 4.53. The molecule has 156 valence electrons. The van der Waals surface area contributed by atoms with Crippen molar-refractivity contribution in [1.29, 1.82) is 0 Å². The Balaban J connectivity index is 1.97. The molecule has 5 atom stereocenters. The molecule has 0 saturated carbocycles. The Labute approximate surface area is 176 Å². The highest BCUT2D eigenvalue weighted by Gasteiger charge is 2.63. The second-order valence-corrected chi connectivity index (χ2v) is 8.61. The van der Waals surface area contributed by atoms with Gasteiger partial charge in [0.2, 0.25) is 0 Å². The maximum absolute atomic E-state index is 12.4. The topological polar surface area (TPSA) is 72.8 Å². The van der Waals surface area contributed by atoms with E-state index in [0.717, 1.165) is 12.0 Å². The molecule has 5 nitrogen and oxygen atoms in total. The van der Waals surface area contributed by atoms with E-state index in [0.29, 0.717) is 22.8 Å². The van der Waals surface area contributed by atoms with Gasteiger partial charge in [0, 0.05) is 11.1 Å². The highest BCUT2D eigenvalue weighted by molar-refractivity contribution is 6.31. The average Bonchev–Trinajstić information content (AvgIpc) is 2.96. The third kappa shape index (κ3) is 3.74. The molecular weight excluding hydrogens is 392 g/mol. The van der Waals surface area contributed by atoms with Gasteiger partial charge in [0.15, 0.2) is 0 Å². The Morgan fingerprint density at radius 1 is 1.41 bits per heavy atom. The summed E-state index contributed by atoms with van der Waals surface area (Å²) in [7, 11) is 0. The normalized spacial score (nSPS) is 32.9. The molecule has 0 spiro atoms. The largest absolute Gasteiger partial charge is 0.465 e. The van der Waals surface area contributed by atoms with Crippen LogP contribution in [0.1, 0.15) is 41.0 Å². The molecule has 1 saturated heterocycles. The second kappa shape index (κ2) is 7.96. The molecule has 3 aliphatic rings. The van der Waals surface area contributed by atoms with Crippen molar-refractivity contribution in [2.45, 2.75) is 52.7 Å². The summed E-state index contributed by atoms with van der Waals surface area (Å²) in [5.41, 5.74) is 0.972. The zero-order valence-corrected chi connectivity index (χ0v) is 18.1. The molecular formula is C23H27ClO5. The predicted octanol–water partition coefficient (Wildman–Crippen LogP) is 4.34. The molecule has 0 unspecified atom stereocenters. The molecule has 6 heteroatoms. The minimum absolute atomic E-state index is 0.174. The molecule has 0 amide bonds. The molecule has 0 aromatic carbocycles. The van der Waals surface area contributed by atoms with Gasteiger partial charge in [-0.05, 0) is 38.8 Å². The van der Waals surface area contributed by atoms with Gasteiger partial charge in [-0.2, -0.15) is 0 Å². The molecule has 0 aromatic rings. The molecule has 0 bridgehead atoms. The van der Waals surface area contributed by atoms with Crippen LogP contribution in [0.25, 0.3) is 0 Å². The monoisotopic (exact) mass is 418 g/mol. The number of rotatable bonds is 5. The van der Waals surface area contributed by atoms with Gasteiger partial charge < -0.3 is 14.6 Å². The zero-order chi connectivity index (χ0) is 21.5. The Morgan fingerprint density at radius 2 is 2.10 bits per heavy atom. The van der Waals surface area contributed by atoms with Crippen LogP contribution in [0.3, 0.4) is 0 Å². The molecule has 0 radical (unpaired) electrons. The lowest BCUT2D eigenvalue weighted by Crippen LogP contribution is -2.50. The third-order valence-corrected chi connectivity index (χ3v) is 6.37. The lowest BCUT2D eigenvalue weighted by Gasteiger charge is -2.41. The summed E-state index contributed by atoms with van der Waals surface area (Å²) >= 11 is 6.46. The van der Waals surface area contributed by atoms with E-state index in [4.69, 9.17) is 21.1 Å². The van der Waals surface area contributed by atoms with E-state index in [2.05, 4.69) is 19.9 Å². The molecule has 1 N–H and O–H groups in total. The van der Waals surface area contributed by atoms with E-state index in [9.17, 15) is 14.7 Å². The van der Waals surface area contributed by atoms with Gasteiger partial charge in [0.25, 0.3) is 0 Å². The van der Waals surface area contributed by atoms with Crippen LogP contribution in [0.5, 0.6) is 0 Å². The van der Waals surface area contributed by atoms with E-state index in [-0.39, 0.29) is 10.8 Å². The number of aliphatic hydroxyl groups excluding tert-OH is 1. The van der Waals surface area contributed by atoms with E-state index >= 15 is 0 Å². The van der Waals surface area contributed by atoms with Crippen molar-refractivity contribution in [3.63, 3.8) is 0 Å². The summed E-state index contributed by atoms with van der Waals surface area (Å²) in [6.45, 7) is 9.27. The number of hydrogen-bond acceptors (Lipinski definition) is 5. The molecule has 2 aliphatic heterocycles. The molecule has 2 heterocycles. The van der Waals surface area contributed by atoms with Gasteiger partial charge in [-0.15, -0.1) is 0 Å². The van der Waals surface area contributed by atoms with E-state index in [1.807, 2.05) is 19.1 Å². The highest BCUT2D eigenvalue weighted by atomic mass is 35.5. The number of allylic oxidation sites excluding steroid dienone is 6. The summed E-state index contributed by atoms with van der Waals surface area (Å²) in [5.74, 6) is -1.56. The van der Waals surface area contributed by atoms with Crippen LogP contribution in [0.15, 0.2) is 58.1 Å². The number of fused-ring (bicyclic) bond motifs is 3.